The van der Waals surface area contributed by atoms with Crippen molar-refractivity contribution in [2.24, 2.45) is 0 Å². The number of carbonyl (C=O) groups is 2. The number of hydrogen-bond donors (Lipinski definition) is 1. The van der Waals surface area contributed by atoms with Crippen molar-refractivity contribution in [2.75, 3.05) is 52.8 Å². The van der Waals surface area contributed by atoms with Crippen LogP contribution in [-0.4, -0.2) is 78.2 Å². The lowest BCUT2D eigenvalue weighted by Gasteiger charge is -2.34. The van der Waals surface area contributed by atoms with Gasteiger partial charge in [-0.05, 0) is 43.1 Å². The van der Waals surface area contributed by atoms with E-state index in [1.807, 2.05) is 25.1 Å². The molecule has 2 aliphatic heterocycles. The number of ether oxygens (including phenoxy) is 1. The summed E-state index contributed by atoms with van der Waals surface area (Å²) in [6.45, 7) is 7.91. The Morgan fingerprint density at radius 3 is 2.24 bits per heavy atom. The maximum Gasteiger partial charge on any atom is 0.263 e. The summed E-state index contributed by atoms with van der Waals surface area (Å²) in [6, 6.07) is 5.69. The standard InChI is InChI=1S/C25H31N5O3/c1-5-15-16(6-2)23-21(20-17(30(23)26)8-7-9-18(20)33-4)22-19(15)24(31)29(25(22)32)14-28-12-10-27(3)11-13-28/h7-9H,5-6,10-14,26H2,1-4H3. The molecule has 0 radical (unpaired) electrons. The number of nitrogen functional groups attached to an aromatic ring is 1. The SMILES string of the molecule is CCc1c2c(c3c4c(OC)cccc4n(N)c3c1CC)C(=O)N(CN1CCN(C)CC1)C2=O. The minimum Gasteiger partial charge on any atom is -0.496 e. The third kappa shape index (κ3) is 3.04. The van der Waals surface area contributed by atoms with Gasteiger partial charge in [-0.25, -0.2) is 0 Å². The number of methoxy groups -OCH3 is 1. The van der Waals surface area contributed by atoms with E-state index in [1.165, 1.54) is 4.90 Å². The van der Waals surface area contributed by atoms with Crippen LogP contribution >= 0.6 is 0 Å². The first-order valence-electron chi connectivity index (χ1n) is 11.6. The average Bonchev–Trinajstić information content (AvgIpc) is 3.26. The first-order valence-corrected chi connectivity index (χ1v) is 11.6. The second-order valence-electron chi connectivity index (χ2n) is 8.96. The molecule has 0 spiro atoms. The third-order valence-corrected chi connectivity index (χ3v) is 7.23. The molecule has 0 unspecified atom stereocenters. The molecule has 3 aromatic rings. The maximum atomic E-state index is 13.9. The molecular formula is C25H31N5O3. The lowest BCUT2D eigenvalue weighted by molar-refractivity contribution is 0.0476. The number of imide groups is 1. The topological polar surface area (TPSA) is 84.0 Å². The Balaban J connectivity index is 1.77. The Bertz CT molecular complexity index is 1290. The van der Waals surface area contributed by atoms with Crippen LogP contribution in [0.4, 0.5) is 0 Å². The van der Waals surface area contributed by atoms with Gasteiger partial charge in [0.05, 0.1) is 41.3 Å². The van der Waals surface area contributed by atoms with Gasteiger partial charge < -0.3 is 15.5 Å². The third-order valence-electron chi connectivity index (χ3n) is 7.23. The first-order chi connectivity index (χ1) is 15.9. The molecule has 3 heterocycles. The highest BCUT2D eigenvalue weighted by atomic mass is 16.5. The Labute approximate surface area is 193 Å². The number of likely N-dealkylation sites (N-methyl/N-ethyl adjacent to an activating group) is 1. The van der Waals surface area contributed by atoms with Crippen molar-refractivity contribution in [2.45, 2.75) is 26.7 Å². The summed E-state index contributed by atoms with van der Waals surface area (Å²) in [4.78, 5) is 33.4. The Morgan fingerprint density at radius 1 is 0.939 bits per heavy atom. The summed E-state index contributed by atoms with van der Waals surface area (Å²) in [5, 5.41) is 1.52. The summed E-state index contributed by atoms with van der Waals surface area (Å²) < 4.78 is 7.33. The van der Waals surface area contributed by atoms with Crippen LogP contribution in [0.15, 0.2) is 18.2 Å². The minimum atomic E-state index is -0.241. The quantitative estimate of drug-likeness (QED) is 0.476. The monoisotopic (exact) mass is 449 g/mol. The van der Waals surface area contributed by atoms with Crippen LogP contribution in [0.25, 0.3) is 21.8 Å². The van der Waals surface area contributed by atoms with Gasteiger partial charge in [-0.15, -0.1) is 0 Å². The van der Waals surface area contributed by atoms with Gasteiger partial charge in [0, 0.05) is 31.6 Å². The zero-order valence-electron chi connectivity index (χ0n) is 19.8. The highest BCUT2D eigenvalue weighted by Gasteiger charge is 2.42. The molecule has 0 aliphatic carbocycles. The minimum absolute atomic E-state index is 0.199. The lowest BCUT2D eigenvalue weighted by Crippen LogP contribution is -2.50. The highest BCUT2D eigenvalue weighted by Crippen LogP contribution is 2.44. The second kappa shape index (κ2) is 8.04. The average molecular weight is 450 g/mol. The summed E-state index contributed by atoms with van der Waals surface area (Å²) in [7, 11) is 3.70. The van der Waals surface area contributed by atoms with Crippen molar-refractivity contribution < 1.29 is 14.3 Å². The zero-order valence-corrected chi connectivity index (χ0v) is 19.8. The molecule has 8 nitrogen and oxygen atoms in total. The summed E-state index contributed by atoms with van der Waals surface area (Å²) in [6.07, 6.45) is 1.37. The molecule has 1 aromatic heterocycles. The fourth-order valence-electron chi connectivity index (χ4n) is 5.51. The maximum absolute atomic E-state index is 13.9. The van der Waals surface area contributed by atoms with Crippen LogP contribution in [0.1, 0.15) is 45.7 Å². The van der Waals surface area contributed by atoms with Crippen molar-refractivity contribution in [1.29, 1.82) is 0 Å². The smallest absolute Gasteiger partial charge is 0.263 e. The van der Waals surface area contributed by atoms with Crippen molar-refractivity contribution in [3.63, 3.8) is 0 Å². The number of nitrogens with zero attached hydrogens (tertiary/aromatic N) is 4. The molecule has 1 saturated heterocycles. The number of piperazine rings is 1. The largest absolute Gasteiger partial charge is 0.496 e. The van der Waals surface area contributed by atoms with Gasteiger partial charge >= 0.3 is 0 Å². The van der Waals surface area contributed by atoms with E-state index in [-0.39, 0.29) is 11.8 Å². The molecule has 2 N–H and O–H groups in total. The molecule has 2 aliphatic rings. The van der Waals surface area contributed by atoms with Crippen molar-refractivity contribution >= 4 is 33.6 Å². The predicted molar refractivity (Wildman–Crippen MR) is 129 cm³/mol. The van der Waals surface area contributed by atoms with Crippen LogP contribution in [0.3, 0.4) is 0 Å². The molecule has 5 rings (SSSR count). The van der Waals surface area contributed by atoms with Gasteiger partial charge in [0.25, 0.3) is 11.8 Å². The molecule has 0 atom stereocenters. The number of aryl methyl sites for hydroxylation is 1. The number of benzene rings is 2. The fourth-order valence-corrected chi connectivity index (χ4v) is 5.51. The Hall–Kier alpha value is -3.10. The van der Waals surface area contributed by atoms with Gasteiger partial charge in [0.15, 0.2) is 0 Å². The molecule has 1 fully saturated rings. The Morgan fingerprint density at radius 2 is 1.61 bits per heavy atom. The number of rotatable bonds is 5. The molecule has 2 aromatic carbocycles. The van der Waals surface area contributed by atoms with E-state index in [4.69, 9.17) is 10.6 Å². The number of amides is 2. The van der Waals surface area contributed by atoms with E-state index in [0.29, 0.717) is 36.4 Å². The van der Waals surface area contributed by atoms with E-state index < -0.39 is 0 Å². The molecule has 33 heavy (non-hydrogen) atoms. The summed E-state index contributed by atoms with van der Waals surface area (Å²) in [5.74, 6) is 6.81. The summed E-state index contributed by atoms with van der Waals surface area (Å²) in [5.41, 5.74) is 4.56. The molecule has 0 saturated carbocycles. The van der Waals surface area contributed by atoms with E-state index in [0.717, 1.165) is 59.1 Å². The normalized spacial score (nSPS) is 17.5. The van der Waals surface area contributed by atoms with Crippen LogP contribution in [0, 0.1) is 0 Å². The number of aromatic nitrogens is 1. The first kappa shape index (κ1) is 21.7. The van der Waals surface area contributed by atoms with Gasteiger partial charge in [-0.1, -0.05) is 19.9 Å². The lowest BCUT2D eigenvalue weighted by atomic mass is 9.89. The van der Waals surface area contributed by atoms with Crippen molar-refractivity contribution in [1.82, 2.24) is 19.4 Å². The molecular weight excluding hydrogens is 418 g/mol. The summed E-state index contributed by atoms with van der Waals surface area (Å²) >= 11 is 0. The van der Waals surface area contributed by atoms with E-state index in [9.17, 15) is 9.59 Å². The highest BCUT2D eigenvalue weighted by molar-refractivity contribution is 6.31. The van der Waals surface area contributed by atoms with Gasteiger partial charge in [-0.2, -0.15) is 0 Å². The van der Waals surface area contributed by atoms with Crippen LogP contribution in [0.2, 0.25) is 0 Å². The predicted octanol–water partition coefficient (Wildman–Crippen LogP) is 2.44. The number of nitrogens with two attached hydrogens (primary N) is 1. The molecule has 174 valence electrons. The molecule has 2 amide bonds. The second-order valence-corrected chi connectivity index (χ2v) is 8.96. The van der Waals surface area contributed by atoms with Gasteiger partial charge in [-0.3, -0.25) is 24.1 Å². The van der Waals surface area contributed by atoms with Crippen LogP contribution < -0.4 is 10.6 Å². The Kier molecular flexibility index (Phi) is 5.29. The number of hydrogen-bond acceptors (Lipinski definition) is 6. The van der Waals surface area contributed by atoms with Crippen molar-refractivity contribution in [3.05, 3.63) is 40.5 Å². The van der Waals surface area contributed by atoms with Gasteiger partial charge in [0.2, 0.25) is 0 Å². The van der Waals surface area contributed by atoms with Gasteiger partial charge in [0.1, 0.15) is 5.75 Å². The zero-order chi connectivity index (χ0) is 23.4. The number of fused-ring (bicyclic) bond motifs is 5. The van der Waals surface area contributed by atoms with E-state index in [1.54, 1.807) is 11.8 Å². The molecule has 0 bridgehead atoms. The van der Waals surface area contributed by atoms with Crippen molar-refractivity contribution in [3.8, 4) is 5.75 Å². The fraction of sp³-hybridized carbons (Fsp3) is 0.440. The number of carbonyl (C=O) groups excluding carboxylic acids is 2. The van der Waals surface area contributed by atoms with E-state index >= 15 is 0 Å². The van der Waals surface area contributed by atoms with Crippen LogP contribution in [-0.2, 0) is 12.8 Å². The van der Waals surface area contributed by atoms with Crippen LogP contribution in [0.5, 0.6) is 5.75 Å². The molecule has 8 heteroatoms. The van der Waals surface area contributed by atoms with E-state index in [2.05, 4.69) is 23.8 Å².